The smallest absolute Gasteiger partial charge is 0.408 e. The predicted octanol–water partition coefficient (Wildman–Crippen LogP) is 2.41. The summed E-state index contributed by atoms with van der Waals surface area (Å²) in [6.07, 6.45) is 4.09. The zero-order chi connectivity index (χ0) is 30.9. The van der Waals surface area contributed by atoms with Gasteiger partial charge in [0.05, 0.1) is 6.04 Å². The van der Waals surface area contributed by atoms with E-state index in [4.69, 9.17) is 10.5 Å². The van der Waals surface area contributed by atoms with Gasteiger partial charge in [0.25, 0.3) is 5.91 Å². The quantitative estimate of drug-likeness (QED) is 0.238. The molecule has 3 aliphatic rings. The molecule has 228 valence electrons. The van der Waals surface area contributed by atoms with Gasteiger partial charge in [0.1, 0.15) is 17.7 Å². The summed E-state index contributed by atoms with van der Waals surface area (Å²) in [6.45, 7) is 12.9. The second-order valence-electron chi connectivity index (χ2n) is 13.3. The molecule has 4 N–H and O–H groups in total. The van der Waals surface area contributed by atoms with Gasteiger partial charge in [-0.05, 0) is 76.2 Å². The normalized spacial score (nSPS) is 24.8. The monoisotopic (exact) mass is 574 g/mol. The Hall–Kier alpha value is -3.24. The number of alkyl carbamates (subject to hydrolysis) is 1. The largest absolute Gasteiger partial charge is 0.444 e. The molecule has 11 heteroatoms. The molecule has 0 bridgehead atoms. The number of nitrogens with zero attached hydrogens (tertiary/aromatic N) is 1. The second kappa shape index (κ2) is 12.3. The van der Waals surface area contributed by atoms with Crippen molar-refractivity contribution in [3.05, 3.63) is 11.6 Å². The molecular formula is C30H46N4O7. The van der Waals surface area contributed by atoms with Gasteiger partial charge in [0.15, 0.2) is 5.78 Å². The van der Waals surface area contributed by atoms with E-state index < -0.39 is 53.3 Å². The lowest BCUT2D eigenvalue weighted by molar-refractivity contribution is -0.144. The average molecular weight is 575 g/mol. The minimum absolute atomic E-state index is 0.0159. The third-order valence-corrected chi connectivity index (χ3v) is 8.95. The van der Waals surface area contributed by atoms with Crippen molar-refractivity contribution >= 4 is 35.4 Å². The van der Waals surface area contributed by atoms with E-state index >= 15 is 0 Å². The maximum Gasteiger partial charge on any atom is 0.408 e. The van der Waals surface area contributed by atoms with E-state index in [1.807, 2.05) is 13.8 Å². The maximum atomic E-state index is 14.0. The fourth-order valence-corrected chi connectivity index (χ4v) is 6.08. The summed E-state index contributed by atoms with van der Waals surface area (Å²) in [4.78, 5) is 78.7. The van der Waals surface area contributed by atoms with Gasteiger partial charge in [-0.3, -0.25) is 24.0 Å². The number of allylic oxidation sites excluding steroid dienone is 2. The summed E-state index contributed by atoms with van der Waals surface area (Å²) in [5, 5.41) is 5.36. The summed E-state index contributed by atoms with van der Waals surface area (Å²) in [5.74, 6) is -3.03. The van der Waals surface area contributed by atoms with Gasteiger partial charge in [0, 0.05) is 13.0 Å². The number of likely N-dealkylation sites (tertiary alicyclic amines) is 1. The van der Waals surface area contributed by atoms with Gasteiger partial charge in [0.2, 0.25) is 17.6 Å². The Labute approximate surface area is 242 Å². The van der Waals surface area contributed by atoms with Crippen molar-refractivity contribution in [2.24, 2.45) is 28.9 Å². The minimum atomic E-state index is -1.11. The van der Waals surface area contributed by atoms with Crippen LogP contribution in [0.2, 0.25) is 0 Å². The molecule has 41 heavy (non-hydrogen) atoms. The molecule has 0 spiro atoms. The number of hydrogen-bond donors (Lipinski definition) is 3. The molecule has 2 unspecified atom stereocenters. The van der Waals surface area contributed by atoms with Crippen molar-refractivity contribution < 1.29 is 33.5 Å². The summed E-state index contributed by atoms with van der Waals surface area (Å²) >= 11 is 0. The standard InChI is InChI=1S/C30H46N4O7/c1-8-16(2)21(35)13-12-19(33-28(40)41-29(3,4)5)27(39)34-15-18-22(30(18,6)7)23(34)26(38)32-20(24(36)25(31)37)14-17-10-9-11-17/h8,17-20,22-23H,9-15H2,1-7H3,(H2,31,37)(H,32,38)(H,33,40)/t18?,19-,20?,22-,23-/m0/s1. The van der Waals surface area contributed by atoms with E-state index in [2.05, 4.69) is 10.6 Å². The maximum absolute atomic E-state index is 14.0. The van der Waals surface area contributed by atoms with Crippen LogP contribution in [0, 0.1) is 23.2 Å². The van der Waals surface area contributed by atoms with Crippen LogP contribution in [0.25, 0.3) is 0 Å². The molecule has 4 amide bonds. The number of rotatable bonds is 12. The highest BCUT2D eigenvalue weighted by molar-refractivity contribution is 6.37. The molecule has 1 heterocycles. The molecule has 2 saturated carbocycles. The Balaban J connectivity index is 1.84. The molecule has 5 atom stereocenters. The summed E-state index contributed by atoms with van der Waals surface area (Å²) in [7, 11) is 0. The zero-order valence-corrected chi connectivity index (χ0v) is 25.4. The number of amides is 4. The third kappa shape index (κ3) is 7.54. The van der Waals surface area contributed by atoms with E-state index in [-0.39, 0.29) is 41.8 Å². The first-order valence-electron chi connectivity index (χ1n) is 14.6. The van der Waals surface area contributed by atoms with Crippen LogP contribution in [0.5, 0.6) is 0 Å². The number of carbonyl (C=O) groups is 6. The van der Waals surface area contributed by atoms with E-state index in [9.17, 15) is 28.8 Å². The van der Waals surface area contributed by atoms with Crippen molar-refractivity contribution in [2.45, 2.75) is 111 Å². The zero-order valence-electron chi connectivity index (χ0n) is 25.4. The van der Waals surface area contributed by atoms with E-state index in [0.717, 1.165) is 19.3 Å². The van der Waals surface area contributed by atoms with Gasteiger partial charge in [-0.2, -0.15) is 0 Å². The number of hydrogen-bond acceptors (Lipinski definition) is 7. The summed E-state index contributed by atoms with van der Waals surface area (Å²) in [6, 6.07) is -3.06. The topological polar surface area (TPSA) is 165 Å². The van der Waals surface area contributed by atoms with Crippen LogP contribution in [0.3, 0.4) is 0 Å². The fraction of sp³-hybridized carbons (Fsp3) is 0.733. The number of piperidine rings is 1. The first kappa shape index (κ1) is 32.3. The van der Waals surface area contributed by atoms with Crippen LogP contribution in [0.15, 0.2) is 11.6 Å². The van der Waals surface area contributed by atoms with Gasteiger partial charge < -0.3 is 26.0 Å². The molecule has 0 aromatic rings. The lowest BCUT2D eigenvalue weighted by atomic mass is 9.80. The average Bonchev–Trinajstić information content (AvgIpc) is 3.17. The number of nitrogens with one attached hydrogen (secondary N) is 2. The third-order valence-electron chi connectivity index (χ3n) is 8.95. The first-order valence-corrected chi connectivity index (χ1v) is 14.6. The van der Waals surface area contributed by atoms with E-state index in [1.165, 1.54) is 4.90 Å². The Morgan fingerprint density at radius 2 is 1.71 bits per heavy atom. The Bertz CT molecular complexity index is 1120. The molecule has 0 aromatic heterocycles. The molecule has 0 aromatic carbocycles. The van der Waals surface area contributed by atoms with Crippen molar-refractivity contribution in [1.82, 2.24) is 15.5 Å². The lowest BCUT2D eigenvalue weighted by Crippen LogP contribution is -2.58. The van der Waals surface area contributed by atoms with Gasteiger partial charge >= 0.3 is 6.09 Å². The number of primary amides is 1. The Morgan fingerprint density at radius 1 is 1.07 bits per heavy atom. The number of ether oxygens (including phenoxy) is 1. The van der Waals surface area contributed by atoms with Crippen molar-refractivity contribution in [1.29, 1.82) is 0 Å². The molecule has 0 radical (unpaired) electrons. The van der Waals surface area contributed by atoms with Crippen LogP contribution in [-0.4, -0.2) is 70.6 Å². The van der Waals surface area contributed by atoms with Gasteiger partial charge in [-0.25, -0.2) is 4.79 Å². The van der Waals surface area contributed by atoms with Crippen LogP contribution in [0.1, 0.15) is 87.0 Å². The van der Waals surface area contributed by atoms with Crippen LogP contribution in [-0.2, 0) is 28.7 Å². The van der Waals surface area contributed by atoms with Crippen molar-refractivity contribution in [3.8, 4) is 0 Å². The van der Waals surface area contributed by atoms with E-state index in [0.29, 0.717) is 18.5 Å². The van der Waals surface area contributed by atoms with Crippen LogP contribution < -0.4 is 16.4 Å². The number of carbonyl (C=O) groups excluding carboxylic acids is 6. The van der Waals surface area contributed by atoms with Crippen LogP contribution in [0.4, 0.5) is 4.79 Å². The summed E-state index contributed by atoms with van der Waals surface area (Å²) < 4.78 is 5.37. The van der Waals surface area contributed by atoms with Gasteiger partial charge in [-0.1, -0.05) is 39.2 Å². The molecule has 1 saturated heterocycles. The minimum Gasteiger partial charge on any atom is -0.444 e. The molecule has 3 rings (SSSR count). The number of ketones is 2. The Kier molecular flexibility index (Phi) is 9.70. The van der Waals surface area contributed by atoms with E-state index in [1.54, 1.807) is 40.7 Å². The second-order valence-corrected chi connectivity index (χ2v) is 13.3. The first-order chi connectivity index (χ1) is 19.0. The number of nitrogens with two attached hydrogens (primary N) is 1. The van der Waals surface area contributed by atoms with Crippen LogP contribution >= 0.6 is 0 Å². The molecular weight excluding hydrogens is 528 g/mol. The van der Waals surface area contributed by atoms with Crippen molar-refractivity contribution in [2.75, 3.05) is 6.54 Å². The number of fused-ring (bicyclic) bond motifs is 1. The molecule has 11 nitrogen and oxygen atoms in total. The SMILES string of the molecule is CC=C(C)C(=O)CC[C@H](NC(=O)OC(C)(C)C)C(=O)N1CC2[C@@H]([C@H]1C(=O)NC(CC1CCC1)C(=O)C(N)=O)C2(C)C. The number of Topliss-reactive ketones (excluding diaryl/α,β-unsaturated/α-hetero) is 2. The molecule has 2 aliphatic carbocycles. The van der Waals surface area contributed by atoms with Crippen molar-refractivity contribution in [3.63, 3.8) is 0 Å². The lowest BCUT2D eigenvalue weighted by Gasteiger charge is -2.35. The van der Waals surface area contributed by atoms with Gasteiger partial charge in [-0.15, -0.1) is 0 Å². The highest BCUT2D eigenvalue weighted by Gasteiger charge is 2.69. The fourth-order valence-electron chi connectivity index (χ4n) is 6.08. The highest BCUT2D eigenvalue weighted by Crippen LogP contribution is 2.65. The highest BCUT2D eigenvalue weighted by atomic mass is 16.6. The Morgan fingerprint density at radius 3 is 2.22 bits per heavy atom. The predicted molar refractivity (Wildman–Crippen MR) is 151 cm³/mol. The summed E-state index contributed by atoms with van der Waals surface area (Å²) in [5.41, 5.74) is 4.82. The molecule has 1 aliphatic heterocycles. The molecule has 3 fully saturated rings.